The first-order valence-corrected chi connectivity index (χ1v) is 7.41. The lowest BCUT2D eigenvalue weighted by Crippen LogP contribution is -2.49. The summed E-state index contributed by atoms with van der Waals surface area (Å²) in [5.41, 5.74) is -0.286. The fourth-order valence-electron chi connectivity index (χ4n) is 1.89. The summed E-state index contributed by atoms with van der Waals surface area (Å²) < 4.78 is 11.2. The fraction of sp³-hybridized carbons (Fsp3) is 0.909. The summed E-state index contributed by atoms with van der Waals surface area (Å²) >= 11 is 0. The van der Waals surface area contributed by atoms with Crippen molar-refractivity contribution in [3.8, 4) is 0 Å². The highest BCUT2D eigenvalue weighted by Gasteiger charge is 2.34. The van der Waals surface area contributed by atoms with Crippen LogP contribution in [0.15, 0.2) is 0 Å². The zero-order chi connectivity index (χ0) is 12.0. The molecule has 0 saturated carbocycles. The van der Waals surface area contributed by atoms with Gasteiger partial charge in [-0.25, -0.2) is 0 Å². The molecule has 1 rings (SSSR count). The van der Waals surface area contributed by atoms with Gasteiger partial charge in [0.1, 0.15) is 0 Å². The minimum Gasteiger partial charge on any atom is -0.355 e. The van der Waals surface area contributed by atoms with Crippen molar-refractivity contribution in [2.24, 2.45) is 5.41 Å². The van der Waals surface area contributed by atoms with E-state index in [0.29, 0.717) is 18.1 Å². The molecule has 1 aliphatic heterocycles. The maximum atomic E-state index is 11.9. The van der Waals surface area contributed by atoms with Gasteiger partial charge in [-0.1, -0.05) is 6.92 Å². The predicted molar refractivity (Wildman–Crippen MR) is 66.8 cm³/mol. The van der Waals surface area contributed by atoms with Crippen molar-refractivity contribution in [3.05, 3.63) is 0 Å². The van der Waals surface area contributed by atoms with Gasteiger partial charge in [-0.2, -0.15) is 0 Å². The third-order valence-corrected chi connectivity index (χ3v) is 4.39. The van der Waals surface area contributed by atoms with Crippen LogP contribution in [0.4, 0.5) is 0 Å². The normalized spacial score (nSPS) is 27.4. The van der Waals surface area contributed by atoms with E-state index in [2.05, 4.69) is 10.6 Å². The molecule has 2 N–H and O–H groups in total. The van der Waals surface area contributed by atoms with Gasteiger partial charge in [-0.15, -0.1) is 0 Å². The number of hydrogen-bond donors (Lipinski definition) is 2. The van der Waals surface area contributed by atoms with Gasteiger partial charge in [0.25, 0.3) is 0 Å². The van der Waals surface area contributed by atoms with Crippen molar-refractivity contribution in [2.45, 2.75) is 26.7 Å². The predicted octanol–water partition coefficient (Wildman–Crippen LogP) is 0.261. The monoisotopic (exact) mass is 246 g/mol. The maximum absolute atomic E-state index is 11.9. The van der Waals surface area contributed by atoms with E-state index < -0.39 is 10.8 Å². The van der Waals surface area contributed by atoms with Crippen LogP contribution in [-0.2, 0) is 15.6 Å². The quantitative estimate of drug-likeness (QED) is 0.731. The number of piperidine rings is 1. The van der Waals surface area contributed by atoms with Crippen LogP contribution in [0.1, 0.15) is 26.7 Å². The average molecular weight is 246 g/mol. The third-order valence-electron chi connectivity index (χ3n) is 3.08. The SMILES string of the molecule is CCS(=O)CCNC(=O)C1(C)CCCNC1. The Bertz CT molecular complexity index is 263. The molecule has 1 heterocycles. The second-order valence-electron chi connectivity index (χ2n) is 4.53. The molecular formula is C11H22N2O2S. The zero-order valence-electron chi connectivity index (χ0n) is 10.2. The highest BCUT2D eigenvalue weighted by Crippen LogP contribution is 2.25. The number of carbonyl (C=O) groups excluding carboxylic acids is 1. The number of rotatable bonds is 5. The molecule has 0 aliphatic carbocycles. The van der Waals surface area contributed by atoms with E-state index in [-0.39, 0.29) is 11.3 Å². The van der Waals surface area contributed by atoms with Gasteiger partial charge in [0.2, 0.25) is 5.91 Å². The Hall–Kier alpha value is -0.420. The molecule has 5 heteroatoms. The first-order valence-electron chi connectivity index (χ1n) is 5.92. The summed E-state index contributed by atoms with van der Waals surface area (Å²) in [6.45, 7) is 6.16. The van der Waals surface area contributed by atoms with E-state index in [9.17, 15) is 9.00 Å². The van der Waals surface area contributed by atoms with Crippen LogP contribution < -0.4 is 10.6 Å². The minimum absolute atomic E-state index is 0.0906. The van der Waals surface area contributed by atoms with Gasteiger partial charge < -0.3 is 10.6 Å². The van der Waals surface area contributed by atoms with Crippen molar-refractivity contribution in [2.75, 3.05) is 31.1 Å². The van der Waals surface area contributed by atoms with Gasteiger partial charge in [0, 0.05) is 35.4 Å². The van der Waals surface area contributed by atoms with Crippen LogP contribution in [0.3, 0.4) is 0 Å². The molecule has 0 aromatic carbocycles. The van der Waals surface area contributed by atoms with Crippen LogP contribution in [0.25, 0.3) is 0 Å². The molecule has 0 aromatic heterocycles. The van der Waals surface area contributed by atoms with Crippen LogP contribution in [0.5, 0.6) is 0 Å². The van der Waals surface area contributed by atoms with E-state index in [4.69, 9.17) is 0 Å². The molecule has 94 valence electrons. The molecule has 0 bridgehead atoms. The topological polar surface area (TPSA) is 58.2 Å². The summed E-state index contributed by atoms with van der Waals surface area (Å²) in [4.78, 5) is 11.9. The number of nitrogens with one attached hydrogen (secondary N) is 2. The summed E-state index contributed by atoms with van der Waals surface area (Å²) in [5.74, 6) is 1.31. The molecule has 16 heavy (non-hydrogen) atoms. The van der Waals surface area contributed by atoms with Crippen molar-refractivity contribution in [3.63, 3.8) is 0 Å². The zero-order valence-corrected chi connectivity index (χ0v) is 11.0. The van der Waals surface area contributed by atoms with E-state index in [1.807, 2.05) is 13.8 Å². The number of carbonyl (C=O) groups is 1. The van der Waals surface area contributed by atoms with Crippen LogP contribution >= 0.6 is 0 Å². The Morgan fingerprint density at radius 2 is 2.31 bits per heavy atom. The van der Waals surface area contributed by atoms with Crippen LogP contribution in [-0.4, -0.2) is 41.3 Å². The van der Waals surface area contributed by atoms with Crippen molar-refractivity contribution in [1.29, 1.82) is 0 Å². The lowest BCUT2D eigenvalue weighted by atomic mass is 9.82. The van der Waals surface area contributed by atoms with Crippen LogP contribution in [0.2, 0.25) is 0 Å². The molecule has 0 aromatic rings. The van der Waals surface area contributed by atoms with E-state index >= 15 is 0 Å². The smallest absolute Gasteiger partial charge is 0.227 e. The summed E-state index contributed by atoms with van der Waals surface area (Å²) in [6, 6.07) is 0. The standard InChI is InChI=1S/C11H22N2O2S/c1-3-16(15)8-7-13-10(14)11(2)5-4-6-12-9-11/h12H,3-9H2,1-2H3,(H,13,14). The average Bonchev–Trinajstić information content (AvgIpc) is 2.29. The van der Waals surface area contributed by atoms with Gasteiger partial charge in [-0.05, 0) is 26.3 Å². The minimum atomic E-state index is -0.792. The molecule has 0 spiro atoms. The van der Waals surface area contributed by atoms with Gasteiger partial charge >= 0.3 is 0 Å². The Balaban J connectivity index is 2.31. The largest absolute Gasteiger partial charge is 0.355 e. The Morgan fingerprint density at radius 1 is 1.56 bits per heavy atom. The summed E-state index contributed by atoms with van der Waals surface area (Å²) in [5, 5.41) is 6.13. The molecular weight excluding hydrogens is 224 g/mol. The first-order chi connectivity index (χ1) is 7.58. The molecule has 1 amide bonds. The molecule has 4 nitrogen and oxygen atoms in total. The van der Waals surface area contributed by atoms with Crippen molar-refractivity contribution >= 4 is 16.7 Å². The molecule has 1 saturated heterocycles. The lowest BCUT2D eigenvalue weighted by molar-refractivity contribution is -0.130. The summed E-state index contributed by atoms with van der Waals surface area (Å²) in [7, 11) is -0.792. The van der Waals surface area contributed by atoms with Crippen molar-refractivity contribution in [1.82, 2.24) is 10.6 Å². The second-order valence-corrected chi connectivity index (χ2v) is 6.39. The molecule has 2 unspecified atom stereocenters. The molecule has 1 aliphatic rings. The second kappa shape index (κ2) is 6.35. The Labute approximate surface area is 100 Å². The third kappa shape index (κ3) is 3.87. The highest BCUT2D eigenvalue weighted by atomic mass is 32.2. The van der Waals surface area contributed by atoms with E-state index in [1.54, 1.807) is 0 Å². The first kappa shape index (κ1) is 13.6. The molecule has 0 radical (unpaired) electrons. The van der Waals surface area contributed by atoms with Gasteiger partial charge in [-0.3, -0.25) is 9.00 Å². The van der Waals surface area contributed by atoms with E-state index in [0.717, 1.165) is 25.9 Å². The molecule has 2 atom stereocenters. The van der Waals surface area contributed by atoms with Gasteiger partial charge in [0.15, 0.2) is 0 Å². The van der Waals surface area contributed by atoms with Crippen LogP contribution in [0, 0.1) is 5.41 Å². The van der Waals surface area contributed by atoms with Gasteiger partial charge in [0.05, 0.1) is 5.41 Å². The van der Waals surface area contributed by atoms with E-state index in [1.165, 1.54) is 0 Å². The number of hydrogen-bond acceptors (Lipinski definition) is 3. The van der Waals surface area contributed by atoms with Crippen molar-refractivity contribution < 1.29 is 9.00 Å². The Morgan fingerprint density at radius 3 is 2.88 bits per heavy atom. The Kier molecular flexibility index (Phi) is 5.41. The fourth-order valence-corrected chi connectivity index (χ4v) is 2.50. The number of amides is 1. The highest BCUT2D eigenvalue weighted by molar-refractivity contribution is 7.84. The lowest BCUT2D eigenvalue weighted by Gasteiger charge is -2.32. The maximum Gasteiger partial charge on any atom is 0.227 e. The summed E-state index contributed by atoms with van der Waals surface area (Å²) in [6.07, 6.45) is 1.98. The molecule has 1 fully saturated rings.